The Morgan fingerprint density at radius 1 is 1.33 bits per heavy atom. The van der Waals surface area contributed by atoms with Crippen molar-refractivity contribution in [2.24, 2.45) is 0 Å². The van der Waals surface area contributed by atoms with E-state index in [1.165, 1.54) is 0 Å². The van der Waals surface area contributed by atoms with Crippen LogP contribution in [0.15, 0.2) is 18.2 Å². The molecule has 0 unspecified atom stereocenters. The Morgan fingerprint density at radius 3 is 2.83 bits per heavy atom. The van der Waals surface area contributed by atoms with E-state index in [-0.39, 0.29) is 0 Å². The molecule has 1 aromatic rings. The fraction of sp³-hybridized carbons (Fsp3) is 0.444. The Kier molecular flexibility index (Phi) is 3.54. The standard InChI is InChI=1S/C9H13NO2/c1-11-7-6-8-4-3-5-9(10-8)12-2/h3-5H,6-7H2,1-2H3. The van der Waals surface area contributed by atoms with Crippen LogP contribution in [0.1, 0.15) is 5.69 Å². The van der Waals surface area contributed by atoms with Crippen LogP contribution in [0, 0.1) is 0 Å². The SMILES string of the molecule is COCCc1cccc(OC)n1. The van der Waals surface area contributed by atoms with Gasteiger partial charge in [-0.1, -0.05) is 6.07 Å². The Hall–Kier alpha value is -1.09. The molecule has 1 heterocycles. The van der Waals surface area contributed by atoms with E-state index in [1.54, 1.807) is 14.2 Å². The van der Waals surface area contributed by atoms with Crippen molar-refractivity contribution in [3.63, 3.8) is 0 Å². The molecular formula is C9H13NO2. The number of hydrogen-bond acceptors (Lipinski definition) is 3. The fourth-order valence-corrected chi connectivity index (χ4v) is 0.917. The molecule has 3 heteroatoms. The summed E-state index contributed by atoms with van der Waals surface area (Å²) in [4.78, 5) is 4.23. The monoisotopic (exact) mass is 167 g/mol. The normalized spacial score (nSPS) is 9.83. The topological polar surface area (TPSA) is 31.4 Å². The maximum Gasteiger partial charge on any atom is 0.213 e. The number of ether oxygens (including phenoxy) is 2. The first kappa shape index (κ1) is 9.00. The van der Waals surface area contributed by atoms with Crippen LogP contribution >= 0.6 is 0 Å². The van der Waals surface area contributed by atoms with Gasteiger partial charge in [0, 0.05) is 25.3 Å². The van der Waals surface area contributed by atoms with E-state index in [4.69, 9.17) is 9.47 Å². The van der Waals surface area contributed by atoms with Crippen LogP contribution in [0.5, 0.6) is 5.88 Å². The van der Waals surface area contributed by atoms with Gasteiger partial charge >= 0.3 is 0 Å². The first-order chi connectivity index (χ1) is 5.86. The van der Waals surface area contributed by atoms with Crippen molar-refractivity contribution in [3.05, 3.63) is 23.9 Å². The third-order valence-electron chi connectivity index (χ3n) is 1.55. The van der Waals surface area contributed by atoms with E-state index in [2.05, 4.69) is 4.98 Å². The largest absolute Gasteiger partial charge is 0.481 e. The zero-order valence-electron chi connectivity index (χ0n) is 7.41. The van der Waals surface area contributed by atoms with E-state index < -0.39 is 0 Å². The molecular weight excluding hydrogens is 154 g/mol. The molecule has 12 heavy (non-hydrogen) atoms. The highest BCUT2D eigenvalue weighted by molar-refractivity contribution is 5.15. The molecule has 0 amide bonds. The molecule has 0 saturated heterocycles. The van der Waals surface area contributed by atoms with Gasteiger partial charge in [0.1, 0.15) is 0 Å². The van der Waals surface area contributed by atoms with Crippen molar-refractivity contribution >= 4 is 0 Å². The number of hydrogen-bond donors (Lipinski definition) is 0. The highest BCUT2D eigenvalue weighted by Crippen LogP contribution is 2.06. The minimum absolute atomic E-state index is 0.656. The molecule has 0 radical (unpaired) electrons. The van der Waals surface area contributed by atoms with E-state index in [0.29, 0.717) is 12.5 Å². The molecule has 66 valence electrons. The Labute approximate surface area is 72.3 Å². The Morgan fingerprint density at radius 2 is 2.17 bits per heavy atom. The van der Waals surface area contributed by atoms with Crippen LogP contribution in [-0.2, 0) is 11.2 Å². The van der Waals surface area contributed by atoms with Crippen LogP contribution in [0.4, 0.5) is 0 Å². The summed E-state index contributed by atoms with van der Waals surface area (Å²) < 4.78 is 9.92. The van der Waals surface area contributed by atoms with Crippen molar-refractivity contribution < 1.29 is 9.47 Å². The molecule has 3 nitrogen and oxygen atoms in total. The van der Waals surface area contributed by atoms with E-state index in [9.17, 15) is 0 Å². The van der Waals surface area contributed by atoms with Crippen LogP contribution < -0.4 is 4.74 Å². The molecule has 1 rings (SSSR count). The zero-order chi connectivity index (χ0) is 8.81. The lowest BCUT2D eigenvalue weighted by atomic mass is 10.3. The highest BCUT2D eigenvalue weighted by Gasteiger charge is 1.95. The summed E-state index contributed by atoms with van der Waals surface area (Å²) in [5, 5.41) is 0. The molecule has 0 aliphatic rings. The van der Waals surface area contributed by atoms with Gasteiger partial charge in [0.2, 0.25) is 5.88 Å². The van der Waals surface area contributed by atoms with Crippen molar-refractivity contribution in [1.29, 1.82) is 0 Å². The van der Waals surface area contributed by atoms with Gasteiger partial charge < -0.3 is 9.47 Å². The summed E-state index contributed by atoms with van der Waals surface area (Å²) >= 11 is 0. The fourth-order valence-electron chi connectivity index (χ4n) is 0.917. The Balaban J connectivity index is 2.60. The van der Waals surface area contributed by atoms with Crippen LogP contribution in [-0.4, -0.2) is 25.8 Å². The molecule has 0 aliphatic heterocycles. The zero-order valence-corrected chi connectivity index (χ0v) is 7.41. The maximum atomic E-state index is 4.98. The molecule has 0 saturated carbocycles. The quantitative estimate of drug-likeness (QED) is 0.677. The predicted octanol–water partition coefficient (Wildman–Crippen LogP) is 1.28. The molecule has 0 spiro atoms. The molecule has 0 aromatic carbocycles. The third-order valence-corrected chi connectivity index (χ3v) is 1.55. The van der Waals surface area contributed by atoms with Crippen LogP contribution in [0.3, 0.4) is 0 Å². The summed E-state index contributed by atoms with van der Waals surface area (Å²) in [6.45, 7) is 0.695. The average Bonchev–Trinajstić information content (AvgIpc) is 2.15. The Bertz CT molecular complexity index is 238. The van der Waals surface area contributed by atoms with Crippen LogP contribution in [0.25, 0.3) is 0 Å². The summed E-state index contributed by atoms with van der Waals surface area (Å²) in [6, 6.07) is 5.72. The van der Waals surface area contributed by atoms with E-state index in [1.807, 2.05) is 18.2 Å². The summed E-state index contributed by atoms with van der Waals surface area (Å²) in [5.41, 5.74) is 0.996. The molecule has 0 fully saturated rings. The minimum atomic E-state index is 0.656. The maximum absolute atomic E-state index is 4.98. The lowest BCUT2D eigenvalue weighted by Gasteiger charge is -2.01. The third kappa shape index (κ3) is 2.51. The number of rotatable bonds is 4. The van der Waals surface area contributed by atoms with Crippen molar-refractivity contribution in [2.45, 2.75) is 6.42 Å². The summed E-state index contributed by atoms with van der Waals surface area (Å²) in [5.74, 6) is 0.656. The second-order valence-electron chi connectivity index (χ2n) is 2.41. The number of nitrogens with zero attached hydrogens (tertiary/aromatic N) is 1. The minimum Gasteiger partial charge on any atom is -0.481 e. The first-order valence-electron chi connectivity index (χ1n) is 3.85. The second kappa shape index (κ2) is 4.72. The van der Waals surface area contributed by atoms with Gasteiger partial charge in [-0.05, 0) is 6.07 Å². The van der Waals surface area contributed by atoms with Crippen molar-refractivity contribution in [1.82, 2.24) is 4.98 Å². The summed E-state index contributed by atoms with van der Waals surface area (Å²) in [6.07, 6.45) is 0.827. The lowest BCUT2D eigenvalue weighted by molar-refractivity contribution is 0.201. The molecule has 0 atom stereocenters. The smallest absolute Gasteiger partial charge is 0.213 e. The van der Waals surface area contributed by atoms with E-state index in [0.717, 1.165) is 12.1 Å². The molecule has 0 bridgehead atoms. The van der Waals surface area contributed by atoms with Gasteiger partial charge in [-0.3, -0.25) is 0 Å². The van der Waals surface area contributed by atoms with Gasteiger partial charge in [0.25, 0.3) is 0 Å². The predicted molar refractivity (Wildman–Crippen MR) is 46.4 cm³/mol. The van der Waals surface area contributed by atoms with Gasteiger partial charge in [0.15, 0.2) is 0 Å². The van der Waals surface area contributed by atoms with Crippen molar-refractivity contribution in [2.75, 3.05) is 20.8 Å². The molecule has 0 aliphatic carbocycles. The molecule has 0 N–H and O–H groups in total. The van der Waals surface area contributed by atoms with E-state index >= 15 is 0 Å². The van der Waals surface area contributed by atoms with Gasteiger partial charge in [-0.15, -0.1) is 0 Å². The highest BCUT2D eigenvalue weighted by atomic mass is 16.5. The lowest BCUT2D eigenvalue weighted by Crippen LogP contribution is -1.98. The van der Waals surface area contributed by atoms with Crippen molar-refractivity contribution in [3.8, 4) is 5.88 Å². The van der Waals surface area contributed by atoms with Gasteiger partial charge in [0.05, 0.1) is 13.7 Å². The summed E-state index contributed by atoms with van der Waals surface area (Å²) in [7, 11) is 3.29. The van der Waals surface area contributed by atoms with Crippen LogP contribution in [0.2, 0.25) is 0 Å². The number of methoxy groups -OCH3 is 2. The first-order valence-corrected chi connectivity index (χ1v) is 3.85. The average molecular weight is 167 g/mol. The second-order valence-corrected chi connectivity index (χ2v) is 2.41. The molecule has 1 aromatic heterocycles. The number of aromatic nitrogens is 1. The van der Waals surface area contributed by atoms with Gasteiger partial charge in [-0.25, -0.2) is 4.98 Å². The number of pyridine rings is 1. The van der Waals surface area contributed by atoms with Gasteiger partial charge in [-0.2, -0.15) is 0 Å².